The number of nitrogens with zero attached hydrogens (tertiary/aromatic N) is 3. The zero-order valence-electron chi connectivity index (χ0n) is 23.3. The van der Waals surface area contributed by atoms with Crippen LogP contribution in [-0.4, -0.2) is 14.5 Å². The van der Waals surface area contributed by atoms with E-state index in [2.05, 4.69) is 149 Å². The van der Waals surface area contributed by atoms with Crippen LogP contribution < -0.4 is 0 Å². The number of benzene rings is 6. The van der Waals surface area contributed by atoms with E-state index in [9.17, 15) is 0 Å². The standard InChI is InChI=1S/C40H25N3/c1-2-9-27(10-3-1)39-38-33(31-12-4-6-14-36(31)42-39)21-22-34-32-13-5-7-15-37(32)43(40(34)38)30-19-16-26(17-20-30)28-18-23-35-29(25-28)11-8-24-41-35/h1-25H. The van der Waals surface area contributed by atoms with Gasteiger partial charge in [0.1, 0.15) is 0 Å². The van der Waals surface area contributed by atoms with Crippen molar-refractivity contribution in [2.75, 3.05) is 0 Å². The van der Waals surface area contributed by atoms with Crippen LogP contribution in [0.4, 0.5) is 0 Å². The molecule has 0 N–H and O–H groups in total. The highest BCUT2D eigenvalue weighted by Crippen LogP contribution is 2.42. The van der Waals surface area contributed by atoms with Gasteiger partial charge < -0.3 is 4.57 Å². The molecule has 0 fully saturated rings. The van der Waals surface area contributed by atoms with Gasteiger partial charge in [0, 0.05) is 44.4 Å². The highest BCUT2D eigenvalue weighted by Gasteiger charge is 2.20. The quantitative estimate of drug-likeness (QED) is 0.206. The van der Waals surface area contributed by atoms with Gasteiger partial charge in [0.15, 0.2) is 0 Å². The molecule has 43 heavy (non-hydrogen) atoms. The SMILES string of the molecule is c1ccc(-c2nc3ccccc3c3ccc4c5ccccc5n(-c5ccc(-c6ccc7ncccc7c6)cc5)c4c23)cc1. The molecule has 0 aliphatic rings. The van der Waals surface area contributed by atoms with Crippen LogP contribution in [0.2, 0.25) is 0 Å². The van der Waals surface area contributed by atoms with Gasteiger partial charge >= 0.3 is 0 Å². The Hall–Kier alpha value is -5.80. The van der Waals surface area contributed by atoms with Gasteiger partial charge in [-0.1, -0.05) is 103 Å². The van der Waals surface area contributed by atoms with E-state index >= 15 is 0 Å². The summed E-state index contributed by atoms with van der Waals surface area (Å²) >= 11 is 0. The van der Waals surface area contributed by atoms with Crippen LogP contribution in [0.5, 0.6) is 0 Å². The summed E-state index contributed by atoms with van der Waals surface area (Å²) in [5, 5.41) is 7.15. The maximum absolute atomic E-state index is 5.29. The van der Waals surface area contributed by atoms with Crippen molar-refractivity contribution in [2.45, 2.75) is 0 Å². The highest BCUT2D eigenvalue weighted by molar-refractivity contribution is 6.25. The largest absolute Gasteiger partial charge is 0.309 e. The van der Waals surface area contributed by atoms with E-state index in [1.54, 1.807) is 0 Å². The Morgan fingerprint density at radius 3 is 2.09 bits per heavy atom. The van der Waals surface area contributed by atoms with E-state index in [0.29, 0.717) is 0 Å². The molecule has 0 saturated heterocycles. The molecule has 0 atom stereocenters. The van der Waals surface area contributed by atoms with E-state index in [4.69, 9.17) is 4.98 Å². The van der Waals surface area contributed by atoms with E-state index in [1.165, 1.54) is 43.7 Å². The lowest BCUT2D eigenvalue weighted by atomic mass is 9.97. The first-order valence-electron chi connectivity index (χ1n) is 14.6. The maximum Gasteiger partial charge on any atom is 0.0809 e. The number of rotatable bonds is 3. The van der Waals surface area contributed by atoms with Crippen LogP contribution >= 0.6 is 0 Å². The molecule has 3 nitrogen and oxygen atoms in total. The second kappa shape index (κ2) is 9.37. The van der Waals surface area contributed by atoms with Crippen molar-refractivity contribution >= 4 is 54.4 Å². The molecule has 9 aromatic rings. The Morgan fingerprint density at radius 2 is 1.21 bits per heavy atom. The summed E-state index contributed by atoms with van der Waals surface area (Å²) in [7, 11) is 0. The molecule has 200 valence electrons. The molecule has 0 aliphatic heterocycles. The molecule has 3 heteroatoms. The summed E-state index contributed by atoms with van der Waals surface area (Å²) in [6, 6.07) is 51.8. The van der Waals surface area contributed by atoms with Crippen molar-refractivity contribution in [2.24, 2.45) is 0 Å². The van der Waals surface area contributed by atoms with Crippen molar-refractivity contribution in [1.82, 2.24) is 14.5 Å². The maximum atomic E-state index is 5.29. The van der Waals surface area contributed by atoms with Crippen LogP contribution in [-0.2, 0) is 0 Å². The Kier molecular flexibility index (Phi) is 5.20. The fraction of sp³-hybridized carbons (Fsp3) is 0. The topological polar surface area (TPSA) is 30.7 Å². The number of hydrogen-bond acceptors (Lipinski definition) is 2. The van der Waals surface area contributed by atoms with Gasteiger partial charge in [-0.3, -0.25) is 4.98 Å². The minimum absolute atomic E-state index is 1.00. The number of fused-ring (bicyclic) bond motifs is 8. The Bertz CT molecular complexity index is 2490. The van der Waals surface area contributed by atoms with Crippen LogP contribution in [0.3, 0.4) is 0 Å². The lowest BCUT2D eigenvalue weighted by Gasteiger charge is -2.15. The zero-order valence-corrected chi connectivity index (χ0v) is 23.3. The Morgan fingerprint density at radius 1 is 0.465 bits per heavy atom. The van der Waals surface area contributed by atoms with Crippen molar-refractivity contribution in [3.05, 3.63) is 152 Å². The van der Waals surface area contributed by atoms with Gasteiger partial charge in [0.05, 0.1) is 27.8 Å². The monoisotopic (exact) mass is 547 g/mol. The first-order chi connectivity index (χ1) is 21.3. The number of aromatic nitrogens is 3. The van der Waals surface area contributed by atoms with E-state index in [-0.39, 0.29) is 0 Å². The van der Waals surface area contributed by atoms with E-state index < -0.39 is 0 Å². The van der Waals surface area contributed by atoms with Crippen LogP contribution in [0.1, 0.15) is 0 Å². The van der Waals surface area contributed by atoms with Crippen molar-refractivity contribution in [1.29, 1.82) is 0 Å². The molecule has 0 bridgehead atoms. The molecule has 0 amide bonds. The summed E-state index contributed by atoms with van der Waals surface area (Å²) in [5.74, 6) is 0. The average Bonchev–Trinajstić information content (AvgIpc) is 3.43. The second-order valence-corrected chi connectivity index (χ2v) is 11.0. The molecule has 9 rings (SSSR count). The Balaban J connectivity index is 1.35. The van der Waals surface area contributed by atoms with Gasteiger partial charge in [-0.2, -0.15) is 0 Å². The third kappa shape index (κ3) is 3.68. The molecule has 6 aromatic carbocycles. The molecule has 3 aromatic heterocycles. The fourth-order valence-electron chi connectivity index (χ4n) is 6.63. The molecule has 0 saturated carbocycles. The predicted molar refractivity (Wildman–Crippen MR) is 180 cm³/mol. The summed E-state index contributed by atoms with van der Waals surface area (Å²) in [6.45, 7) is 0. The number of pyridine rings is 2. The summed E-state index contributed by atoms with van der Waals surface area (Å²) < 4.78 is 2.42. The fourth-order valence-corrected chi connectivity index (χ4v) is 6.63. The molecule has 0 aliphatic carbocycles. The molecule has 0 spiro atoms. The highest BCUT2D eigenvalue weighted by atomic mass is 15.0. The zero-order chi connectivity index (χ0) is 28.3. The predicted octanol–water partition coefficient (Wildman–Crippen LogP) is 10.4. The molecule has 0 unspecified atom stereocenters. The normalized spacial score (nSPS) is 11.7. The number of hydrogen-bond donors (Lipinski definition) is 0. The van der Waals surface area contributed by atoms with Gasteiger partial charge in [0.25, 0.3) is 0 Å². The minimum atomic E-state index is 1.00. The molecule has 3 heterocycles. The van der Waals surface area contributed by atoms with E-state index in [1.807, 2.05) is 12.3 Å². The lowest BCUT2D eigenvalue weighted by Crippen LogP contribution is -1.97. The van der Waals surface area contributed by atoms with Gasteiger partial charge in [-0.25, -0.2) is 4.98 Å². The van der Waals surface area contributed by atoms with E-state index in [0.717, 1.165) is 38.8 Å². The summed E-state index contributed by atoms with van der Waals surface area (Å²) in [4.78, 5) is 9.77. The minimum Gasteiger partial charge on any atom is -0.309 e. The average molecular weight is 548 g/mol. The molecular weight excluding hydrogens is 522 g/mol. The van der Waals surface area contributed by atoms with Gasteiger partial charge in [-0.15, -0.1) is 0 Å². The second-order valence-electron chi connectivity index (χ2n) is 11.0. The van der Waals surface area contributed by atoms with Crippen LogP contribution in [0.25, 0.3) is 82.5 Å². The molecule has 0 radical (unpaired) electrons. The van der Waals surface area contributed by atoms with Crippen molar-refractivity contribution < 1.29 is 0 Å². The van der Waals surface area contributed by atoms with Crippen molar-refractivity contribution in [3.8, 4) is 28.1 Å². The first-order valence-corrected chi connectivity index (χ1v) is 14.6. The van der Waals surface area contributed by atoms with Gasteiger partial charge in [-0.05, 0) is 59.0 Å². The van der Waals surface area contributed by atoms with Crippen LogP contribution in [0, 0.1) is 0 Å². The Labute approximate surface area is 248 Å². The molecular formula is C40H25N3. The lowest BCUT2D eigenvalue weighted by molar-refractivity contribution is 1.19. The third-order valence-electron chi connectivity index (χ3n) is 8.61. The summed E-state index contributed by atoms with van der Waals surface area (Å²) in [5.41, 5.74) is 9.98. The third-order valence-corrected chi connectivity index (χ3v) is 8.61. The number of para-hydroxylation sites is 2. The summed E-state index contributed by atoms with van der Waals surface area (Å²) in [6.07, 6.45) is 1.84. The van der Waals surface area contributed by atoms with Gasteiger partial charge in [0.2, 0.25) is 0 Å². The smallest absolute Gasteiger partial charge is 0.0809 e. The van der Waals surface area contributed by atoms with Crippen molar-refractivity contribution in [3.63, 3.8) is 0 Å². The first kappa shape index (κ1) is 23.9. The van der Waals surface area contributed by atoms with Crippen LogP contribution in [0.15, 0.2) is 152 Å².